The van der Waals surface area contributed by atoms with Gasteiger partial charge in [-0.05, 0) is 36.8 Å². The molecular weight excluding hydrogens is 364 g/mol. The van der Waals surface area contributed by atoms with E-state index in [0.29, 0.717) is 28.2 Å². The van der Waals surface area contributed by atoms with Gasteiger partial charge in [0.25, 0.3) is 5.91 Å². The third-order valence-electron chi connectivity index (χ3n) is 4.15. The number of carbonyl (C=O) groups excluding carboxylic acids is 2. The number of carbonyl (C=O) groups is 2. The molecule has 0 fully saturated rings. The average Bonchev–Trinajstić information content (AvgIpc) is 2.66. The van der Waals surface area contributed by atoms with E-state index in [2.05, 4.69) is 4.98 Å². The molecule has 6 heteroatoms. The van der Waals surface area contributed by atoms with Crippen LogP contribution in [0.25, 0.3) is 10.9 Å². The van der Waals surface area contributed by atoms with Gasteiger partial charge in [0, 0.05) is 29.7 Å². The van der Waals surface area contributed by atoms with Crippen LogP contribution < -0.4 is 0 Å². The molecule has 1 aromatic heterocycles. The number of aromatic nitrogens is 1. The highest BCUT2D eigenvalue weighted by Crippen LogP contribution is 2.19. The maximum absolute atomic E-state index is 12.5. The molecule has 0 radical (unpaired) electrons. The highest BCUT2D eigenvalue weighted by molar-refractivity contribution is 6.30. The molecule has 5 nitrogen and oxygen atoms in total. The highest BCUT2D eigenvalue weighted by atomic mass is 35.5. The number of hydrogen-bond acceptors (Lipinski definition) is 4. The normalized spacial score (nSPS) is 10.6. The first kappa shape index (κ1) is 18.9. The van der Waals surface area contributed by atoms with Crippen molar-refractivity contribution < 1.29 is 14.3 Å². The first-order valence-electron chi connectivity index (χ1n) is 8.46. The van der Waals surface area contributed by atoms with Crippen molar-refractivity contribution in [2.45, 2.75) is 13.5 Å². The quantitative estimate of drug-likeness (QED) is 0.625. The van der Waals surface area contributed by atoms with Crippen molar-refractivity contribution in [2.75, 3.05) is 13.7 Å². The molecule has 1 heterocycles. The van der Waals surface area contributed by atoms with Gasteiger partial charge in [0.1, 0.15) is 0 Å². The van der Waals surface area contributed by atoms with Crippen LogP contribution in [0.1, 0.15) is 21.6 Å². The van der Waals surface area contributed by atoms with E-state index in [-0.39, 0.29) is 12.5 Å². The minimum Gasteiger partial charge on any atom is -0.452 e. The standard InChI is InChI=1S/C21H19ClN2O3/c1-14-11-18(17-5-3-4-6-19(17)23-14)21(26)27-13-20(25)24(2)12-15-7-9-16(22)10-8-15/h3-11H,12-13H2,1-2H3. The van der Waals surface area contributed by atoms with Gasteiger partial charge in [0.15, 0.2) is 6.61 Å². The molecule has 0 aliphatic heterocycles. The predicted molar refractivity (Wildman–Crippen MR) is 105 cm³/mol. The summed E-state index contributed by atoms with van der Waals surface area (Å²) < 4.78 is 5.25. The van der Waals surface area contributed by atoms with Gasteiger partial charge in [-0.2, -0.15) is 0 Å². The van der Waals surface area contributed by atoms with Gasteiger partial charge in [0.2, 0.25) is 0 Å². The zero-order valence-electron chi connectivity index (χ0n) is 15.1. The van der Waals surface area contributed by atoms with Crippen molar-refractivity contribution in [3.05, 3.63) is 76.4 Å². The van der Waals surface area contributed by atoms with Crippen molar-refractivity contribution >= 4 is 34.4 Å². The van der Waals surface area contributed by atoms with E-state index in [1.807, 2.05) is 43.3 Å². The fraction of sp³-hybridized carbons (Fsp3) is 0.190. The third kappa shape index (κ3) is 4.63. The van der Waals surface area contributed by atoms with Crippen LogP contribution in [0.4, 0.5) is 0 Å². The number of halogens is 1. The van der Waals surface area contributed by atoms with Gasteiger partial charge in [-0.25, -0.2) is 4.79 Å². The molecule has 138 valence electrons. The first-order valence-corrected chi connectivity index (χ1v) is 8.84. The summed E-state index contributed by atoms with van der Waals surface area (Å²) in [6, 6.07) is 16.3. The maximum atomic E-state index is 12.5. The van der Waals surface area contributed by atoms with E-state index >= 15 is 0 Å². The lowest BCUT2D eigenvalue weighted by atomic mass is 10.1. The lowest BCUT2D eigenvalue weighted by Crippen LogP contribution is -2.30. The van der Waals surface area contributed by atoms with Crippen molar-refractivity contribution in [3.8, 4) is 0 Å². The Morgan fingerprint density at radius 3 is 2.56 bits per heavy atom. The number of amides is 1. The molecule has 0 spiro atoms. The van der Waals surface area contributed by atoms with Gasteiger partial charge in [-0.1, -0.05) is 41.9 Å². The molecule has 0 aliphatic rings. The minimum atomic E-state index is -0.537. The Kier molecular flexibility index (Phi) is 5.72. The summed E-state index contributed by atoms with van der Waals surface area (Å²) in [6.45, 7) is 1.90. The summed E-state index contributed by atoms with van der Waals surface area (Å²) in [4.78, 5) is 30.7. The number of rotatable bonds is 5. The molecule has 0 N–H and O–H groups in total. The van der Waals surface area contributed by atoms with Crippen LogP contribution in [-0.2, 0) is 16.1 Å². The molecule has 0 aliphatic carbocycles. The molecule has 0 bridgehead atoms. The summed E-state index contributed by atoms with van der Waals surface area (Å²) in [5, 5.41) is 1.34. The number of benzene rings is 2. The molecule has 2 aromatic carbocycles. The van der Waals surface area contributed by atoms with Gasteiger partial charge in [0.05, 0.1) is 11.1 Å². The van der Waals surface area contributed by atoms with Crippen LogP contribution in [0.5, 0.6) is 0 Å². The molecular formula is C21H19ClN2O3. The lowest BCUT2D eigenvalue weighted by molar-refractivity contribution is -0.133. The fourth-order valence-corrected chi connectivity index (χ4v) is 2.87. The Labute approximate surface area is 162 Å². The van der Waals surface area contributed by atoms with Crippen LogP contribution in [0.3, 0.4) is 0 Å². The first-order chi connectivity index (χ1) is 12.9. The van der Waals surface area contributed by atoms with E-state index < -0.39 is 5.97 Å². The SMILES string of the molecule is Cc1cc(C(=O)OCC(=O)N(C)Cc2ccc(Cl)cc2)c2ccccc2n1. The molecule has 1 amide bonds. The molecule has 0 saturated carbocycles. The molecule has 27 heavy (non-hydrogen) atoms. The number of aryl methyl sites for hydroxylation is 1. The minimum absolute atomic E-state index is 0.284. The number of ether oxygens (including phenoxy) is 1. The number of likely N-dealkylation sites (N-methyl/N-ethyl adjacent to an activating group) is 1. The second kappa shape index (κ2) is 8.18. The van der Waals surface area contributed by atoms with Crippen LogP contribution in [-0.4, -0.2) is 35.4 Å². The van der Waals surface area contributed by atoms with Crippen LogP contribution in [0.2, 0.25) is 5.02 Å². The Hall–Kier alpha value is -2.92. The summed E-state index contributed by atoms with van der Waals surface area (Å²) in [7, 11) is 1.66. The van der Waals surface area contributed by atoms with Crippen LogP contribution >= 0.6 is 11.6 Å². The second-order valence-corrected chi connectivity index (χ2v) is 6.72. The Balaban J connectivity index is 1.65. The van der Waals surface area contributed by atoms with E-state index in [0.717, 1.165) is 11.1 Å². The monoisotopic (exact) mass is 382 g/mol. The number of hydrogen-bond donors (Lipinski definition) is 0. The molecule has 0 saturated heterocycles. The predicted octanol–water partition coefficient (Wildman–Crippen LogP) is 4.01. The van der Waals surface area contributed by atoms with Crippen LogP contribution in [0, 0.1) is 6.92 Å². The Morgan fingerprint density at radius 1 is 1.11 bits per heavy atom. The second-order valence-electron chi connectivity index (χ2n) is 6.28. The summed E-state index contributed by atoms with van der Waals surface area (Å²) in [5.41, 5.74) is 2.78. The average molecular weight is 383 g/mol. The van der Waals surface area contributed by atoms with E-state index in [9.17, 15) is 9.59 Å². The van der Waals surface area contributed by atoms with E-state index in [1.165, 1.54) is 4.90 Å². The highest BCUT2D eigenvalue weighted by Gasteiger charge is 2.16. The van der Waals surface area contributed by atoms with Crippen molar-refractivity contribution in [1.29, 1.82) is 0 Å². The lowest BCUT2D eigenvalue weighted by Gasteiger charge is -2.17. The van der Waals surface area contributed by atoms with E-state index in [4.69, 9.17) is 16.3 Å². The molecule has 3 rings (SSSR count). The van der Waals surface area contributed by atoms with Crippen molar-refractivity contribution in [3.63, 3.8) is 0 Å². The third-order valence-corrected chi connectivity index (χ3v) is 4.40. The Bertz CT molecular complexity index is 986. The number of pyridine rings is 1. The molecule has 0 unspecified atom stereocenters. The zero-order valence-corrected chi connectivity index (χ0v) is 15.9. The molecule has 0 atom stereocenters. The van der Waals surface area contributed by atoms with Gasteiger partial charge >= 0.3 is 5.97 Å². The van der Waals surface area contributed by atoms with Gasteiger partial charge in [-0.3, -0.25) is 9.78 Å². The molecule has 3 aromatic rings. The number of para-hydroxylation sites is 1. The van der Waals surface area contributed by atoms with E-state index in [1.54, 1.807) is 25.2 Å². The van der Waals surface area contributed by atoms with Crippen molar-refractivity contribution in [2.24, 2.45) is 0 Å². The number of esters is 1. The van der Waals surface area contributed by atoms with Crippen molar-refractivity contribution in [1.82, 2.24) is 9.88 Å². The summed E-state index contributed by atoms with van der Waals surface area (Å²) in [6.07, 6.45) is 0. The van der Waals surface area contributed by atoms with Gasteiger partial charge < -0.3 is 9.64 Å². The zero-order chi connectivity index (χ0) is 19.4. The summed E-state index contributed by atoms with van der Waals surface area (Å²) >= 11 is 5.86. The number of nitrogens with zero attached hydrogens (tertiary/aromatic N) is 2. The smallest absolute Gasteiger partial charge is 0.339 e. The Morgan fingerprint density at radius 2 is 1.81 bits per heavy atom. The number of fused-ring (bicyclic) bond motifs is 1. The largest absolute Gasteiger partial charge is 0.452 e. The van der Waals surface area contributed by atoms with Gasteiger partial charge in [-0.15, -0.1) is 0 Å². The maximum Gasteiger partial charge on any atom is 0.339 e. The fourth-order valence-electron chi connectivity index (χ4n) is 2.74. The summed E-state index contributed by atoms with van der Waals surface area (Å²) in [5.74, 6) is -0.821. The topological polar surface area (TPSA) is 59.5 Å². The van der Waals surface area contributed by atoms with Crippen LogP contribution in [0.15, 0.2) is 54.6 Å².